The number of rotatable bonds is 4. The summed E-state index contributed by atoms with van der Waals surface area (Å²) in [5.41, 5.74) is 1.19. The first-order chi connectivity index (χ1) is 7.84. The molecule has 1 heterocycles. The second-order valence-electron chi connectivity index (χ2n) is 5.08. The molecule has 0 bridgehead atoms. The summed E-state index contributed by atoms with van der Waals surface area (Å²) in [6.07, 6.45) is 10.7. The highest BCUT2D eigenvalue weighted by atomic mass is 14.9. The van der Waals surface area contributed by atoms with E-state index in [-0.39, 0.29) is 0 Å². The maximum Gasteiger partial charge on any atom is 0.0371 e. The van der Waals surface area contributed by atoms with Crippen LogP contribution in [0, 0.1) is 11.8 Å². The Morgan fingerprint density at radius 3 is 2.56 bits per heavy atom. The van der Waals surface area contributed by atoms with E-state index in [1.807, 2.05) is 24.5 Å². The third-order valence-corrected chi connectivity index (χ3v) is 3.70. The number of nitrogens with zero attached hydrogens (tertiary/aromatic N) is 1. The van der Waals surface area contributed by atoms with Crippen LogP contribution in [-0.4, -0.2) is 11.5 Å². The third-order valence-electron chi connectivity index (χ3n) is 3.70. The first-order valence-corrected chi connectivity index (χ1v) is 6.48. The molecule has 2 nitrogen and oxygen atoms in total. The summed E-state index contributed by atoms with van der Waals surface area (Å²) in [5.74, 6) is 1.91. The lowest BCUT2D eigenvalue weighted by Gasteiger charge is -2.26. The van der Waals surface area contributed by atoms with Crippen molar-refractivity contribution in [3.05, 3.63) is 24.5 Å². The van der Waals surface area contributed by atoms with Crippen molar-refractivity contribution in [1.82, 2.24) is 4.98 Å². The van der Waals surface area contributed by atoms with Crippen LogP contribution in [0.4, 0.5) is 5.69 Å². The summed E-state index contributed by atoms with van der Waals surface area (Å²) in [6.45, 7) is 3.48. The zero-order valence-electron chi connectivity index (χ0n) is 10.2. The average Bonchev–Trinajstić information content (AvgIpc) is 2.33. The molecule has 1 aliphatic rings. The van der Waals surface area contributed by atoms with Crippen LogP contribution in [-0.2, 0) is 0 Å². The molecule has 0 aromatic carbocycles. The maximum absolute atomic E-state index is 4.01. The normalized spacial score (nSPS) is 25.3. The van der Waals surface area contributed by atoms with Crippen molar-refractivity contribution in [2.24, 2.45) is 11.8 Å². The highest BCUT2D eigenvalue weighted by molar-refractivity contribution is 5.40. The summed E-state index contributed by atoms with van der Waals surface area (Å²) in [4.78, 5) is 4.01. The van der Waals surface area contributed by atoms with Crippen molar-refractivity contribution < 1.29 is 0 Å². The van der Waals surface area contributed by atoms with Gasteiger partial charge in [-0.2, -0.15) is 0 Å². The van der Waals surface area contributed by atoms with Gasteiger partial charge in [-0.15, -0.1) is 0 Å². The molecule has 16 heavy (non-hydrogen) atoms. The molecule has 0 saturated heterocycles. The monoisotopic (exact) mass is 218 g/mol. The predicted molar refractivity (Wildman–Crippen MR) is 68.5 cm³/mol. The highest BCUT2D eigenvalue weighted by Crippen LogP contribution is 2.30. The van der Waals surface area contributed by atoms with Gasteiger partial charge in [0.05, 0.1) is 0 Å². The predicted octanol–water partition coefficient (Wildman–Crippen LogP) is 3.71. The van der Waals surface area contributed by atoms with Crippen LogP contribution in [0.3, 0.4) is 0 Å². The molecule has 2 rings (SSSR count). The fourth-order valence-electron chi connectivity index (χ4n) is 2.51. The second kappa shape index (κ2) is 5.88. The van der Waals surface area contributed by atoms with E-state index in [4.69, 9.17) is 0 Å². The van der Waals surface area contributed by atoms with E-state index < -0.39 is 0 Å². The molecular formula is C14H22N2. The van der Waals surface area contributed by atoms with Gasteiger partial charge >= 0.3 is 0 Å². The van der Waals surface area contributed by atoms with Crippen molar-refractivity contribution in [3.63, 3.8) is 0 Å². The summed E-state index contributed by atoms with van der Waals surface area (Å²) < 4.78 is 0. The van der Waals surface area contributed by atoms with Crippen molar-refractivity contribution in [3.8, 4) is 0 Å². The van der Waals surface area contributed by atoms with Crippen molar-refractivity contribution >= 4 is 5.69 Å². The van der Waals surface area contributed by atoms with Gasteiger partial charge in [-0.1, -0.05) is 32.6 Å². The van der Waals surface area contributed by atoms with Crippen LogP contribution in [0.1, 0.15) is 39.0 Å². The van der Waals surface area contributed by atoms with Gasteiger partial charge in [0.25, 0.3) is 0 Å². The number of aromatic nitrogens is 1. The van der Waals surface area contributed by atoms with E-state index in [1.54, 1.807) is 0 Å². The zero-order chi connectivity index (χ0) is 11.2. The number of pyridine rings is 1. The summed E-state index contributed by atoms with van der Waals surface area (Å²) in [7, 11) is 0. The van der Waals surface area contributed by atoms with Crippen LogP contribution in [0.15, 0.2) is 24.5 Å². The van der Waals surface area contributed by atoms with Crippen LogP contribution in [0.25, 0.3) is 0 Å². The molecule has 1 aromatic rings. The zero-order valence-corrected chi connectivity index (χ0v) is 10.2. The van der Waals surface area contributed by atoms with Crippen molar-refractivity contribution in [2.75, 3.05) is 11.9 Å². The van der Waals surface area contributed by atoms with Gasteiger partial charge in [0.2, 0.25) is 0 Å². The second-order valence-corrected chi connectivity index (χ2v) is 5.08. The smallest absolute Gasteiger partial charge is 0.0371 e. The Labute approximate surface area is 98.5 Å². The minimum atomic E-state index is 0.950. The molecule has 0 radical (unpaired) electrons. The molecule has 2 heteroatoms. The van der Waals surface area contributed by atoms with Crippen molar-refractivity contribution in [2.45, 2.75) is 39.0 Å². The van der Waals surface area contributed by atoms with E-state index in [0.717, 1.165) is 18.4 Å². The molecule has 1 aliphatic carbocycles. The fraction of sp³-hybridized carbons (Fsp3) is 0.643. The van der Waals surface area contributed by atoms with Gasteiger partial charge in [-0.3, -0.25) is 4.98 Å². The molecule has 0 aliphatic heterocycles. The van der Waals surface area contributed by atoms with Gasteiger partial charge in [0, 0.05) is 24.6 Å². The quantitative estimate of drug-likeness (QED) is 0.833. The largest absolute Gasteiger partial charge is 0.385 e. The van der Waals surface area contributed by atoms with E-state index >= 15 is 0 Å². The van der Waals surface area contributed by atoms with Crippen LogP contribution < -0.4 is 5.32 Å². The lowest BCUT2D eigenvalue weighted by atomic mass is 9.81. The summed E-state index contributed by atoms with van der Waals surface area (Å²) in [6, 6.07) is 4.06. The molecule has 0 atom stereocenters. The Hall–Kier alpha value is -1.05. The number of nitrogens with one attached hydrogen (secondary N) is 1. The van der Waals surface area contributed by atoms with Gasteiger partial charge in [-0.05, 0) is 30.4 Å². The molecule has 1 fully saturated rings. The first-order valence-electron chi connectivity index (χ1n) is 6.48. The van der Waals surface area contributed by atoms with E-state index in [0.29, 0.717) is 0 Å². The molecule has 1 saturated carbocycles. The minimum absolute atomic E-state index is 0.950. The molecular weight excluding hydrogens is 196 g/mol. The molecule has 1 aromatic heterocycles. The number of anilines is 1. The molecule has 0 unspecified atom stereocenters. The molecule has 0 amide bonds. The highest BCUT2D eigenvalue weighted by Gasteiger charge is 2.17. The lowest BCUT2D eigenvalue weighted by Crippen LogP contribution is -2.15. The van der Waals surface area contributed by atoms with Crippen LogP contribution >= 0.6 is 0 Å². The molecule has 0 spiro atoms. The van der Waals surface area contributed by atoms with Gasteiger partial charge in [-0.25, -0.2) is 0 Å². The van der Waals surface area contributed by atoms with E-state index in [2.05, 4.69) is 17.2 Å². The van der Waals surface area contributed by atoms with Crippen molar-refractivity contribution in [1.29, 1.82) is 0 Å². The van der Waals surface area contributed by atoms with Crippen LogP contribution in [0.5, 0.6) is 0 Å². The third kappa shape index (κ3) is 3.51. The number of hydrogen-bond donors (Lipinski definition) is 1. The van der Waals surface area contributed by atoms with E-state index in [1.165, 1.54) is 37.8 Å². The Morgan fingerprint density at radius 1 is 1.19 bits per heavy atom. The average molecular weight is 218 g/mol. The van der Waals surface area contributed by atoms with Gasteiger partial charge in [0.1, 0.15) is 0 Å². The van der Waals surface area contributed by atoms with E-state index in [9.17, 15) is 0 Å². The first kappa shape index (κ1) is 11.4. The Kier molecular flexibility index (Phi) is 4.20. The summed E-state index contributed by atoms with van der Waals surface area (Å²) >= 11 is 0. The minimum Gasteiger partial charge on any atom is -0.385 e. The fourth-order valence-corrected chi connectivity index (χ4v) is 2.51. The molecule has 1 N–H and O–H groups in total. The Morgan fingerprint density at radius 2 is 1.88 bits per heavy atom. The van der Waals surface area contributed by atoms with Crippen LogP contribution in [0.2, 0.25) is 0 Å². The Bertz CT molecular complexity index is 289. The Balaban J connectivity index is 1.65. The lowest BCUT2D eigenvalue weighted by molar-refractivity contribution is 0.282. The molecule has 88 valence electrons. The maximum atomic E-state index is 4.01. The van der Waals surface area contributed by atoms with Gasteiger partial charge in [0.15, 0.2) is 0 Å². The number of hydrogen-bond acceptors (Lipinski definition) is 2. The standard InChI is InChI=1S/C14H22N2/c1-12-2-4-13(5-3-12)6-11-16-14-7-9-15-10-8-14/h7-10,12-13H,2-6,11H2,1H3,(H,15,16). The summed E-state index contributed by atoms with van der Waals surface area (Å²) in [5, 5.41) is 3.46. The topological polar surface area (TPSA) is 24.9 Å². The van der Waals surface area contributed by atoms with Gasteiger partial charge < -0.3 is 5.32 Å². The SMILES string of the molecule is CC1CCC(CCNc2ccncc2)CC1.